The van der Waals surface area contributed by atoms with Crippen molar-refractivity contribution in [2.24, 2.45) is 5.92 Å². The molecule has 8 heteroatoms. The summed E-state index contributed by atoms with van der Waals surface area (Å²) in [5.41, 5.74) is 0.863. The number of para-hydroxylation sites is 2. The molecule has 2 amide bonds. The molecule has 3 rings (SSSR count). The summed E-state index contributed by atoms with van der Waals surface area (Å²) in [5, 5.41) is 2.78. The van der Waals surface area contributed by atoms with E-state index in [2.05, 4.69) is 10.1 Å². The second kappa shape index (κ2) is 9.47. The van der Waals surface area contributed by atoms with Gasteiger partial charge in [0, 0.05) is 18.7 Å². The number of hydrogen-bond donors (Lipinski definition) is 1. The van der Waals surface area contributed by atoms with Crippen LogP contribution in [0.25, 0.3) is 0 Å². The van der Waals surface area contributed by atoms with E-state index in [1.807, 2.05) is 0 Å². The fourth-order valence-electron chi connectivity index (χ4n) is 3.52. The van der Waals surface area contributed by atoms with Crippen LogP contribution in [0.5, 0.6) is 5.75 Å². The predicted molar refractivity (Wildman–Crippen MR) is 107 cm³/mol. The summed E-state index contributed by atoms with van der Waals surface area (Å²) in [4.78, 5) is 38.9. The second-order valence-electron chi connectivity index (χ2n) is 7.06. The van der Waals surface area contributed by atoms with Crippen LogP contribution in [0.15, 0.2) is 48.5 Å². The number of carbonyl (C=O) groups excluding carboxylic acids is 3. The average Bonchev–Trinajstić information content (AvgIpc) is 2.73. The second-order valence-corrected chi connectivity index (χ2v) is 7.06. The van der Waals surface area contributed by atoms with Crippen molar-refractivity contribution in [1.82, 2.24) is 4.90 Å². The van der Waals surface area contributed by atoms with Crippen LogP contribution in [0.1, 0.15) is 40.5 Å². The quantitative estimate of drug-likeness (QED) is 0.723. The van der Waals surface area contributed by atoms with Crippen LogP contribution >= 0.6 is 0 Å². The van der Waals surface area contributed by atoms with Gasteiger partial charge >= 0.3 is 6.61 Å². The van der Waals surface area contributed by atoms with E-state index in [1.54, 1.807) is 30.3 Å². The normalized spacial score (nSPS) is 16.3. The van der Waals surface area contributed by atoms with E-state index in [0.717, 1.165) is 0 Å². The lowest BCUT2D eigenvalue weighted by atomic mass is 9.96. The molecule has 6 nitrogen and oxygen atoms in total. The molecule has 1 aliphatic heterocycles. The summed E-state index contributed by atoms with van der Waals surface area (Å²) in [6.45, 7) is -1.06. The molecular formula is C22H22F2N2O4. The van der Waals surface area contributed by atoms with E-state index in [4.69, 9.17) is 0 Å². The van der Waals surface area contributed by atoms with Crippen LogP contribution in [0.4, 0.5) is 14.5 Å². The number of Topliss-reactive ketones (excluding diaryl/α,β-unsaturated/α-hetero) is 1. The Bertz CT molecular complexity index is 948. The molecule has 0 aliphatic carbocycles. The molecule has 158 valence electrons. The van der Waals surface area contributed by atoms with Gasteiger partial charge < -0.3 is 15.0 Å². The summed E-state index contributed by atoms with van der Waals surface area (Å²) in [6, 6.07) is 12.5. The van der Waals surface area contributed by atoms with Gasteiger partial charge in [0.25, 0.3) is 5.91 Å². The Balaban J connectivity index is 1.72. The number of nitrogens with one attached hydrogen (secondary N) is 1. The van der Waals surface area contributed by atoms with Crippen molar-refractivity contribution in [1.29, 1.82) is 0 Å². The van der Waals surface area contributed by atoms with Gasteiger partial charge in [-0.2, -0.15) is 8.78 Å². The van der Waals surface area contributed by atoms with E-state index in [9.17, 15) is 23.2 Å². The van der Waals surface area contributed by atoms with Gasteiger partial charge in [0.2, 0.25) is 5.91 Å². The number of ketones is 1. The summed E-state index contributed by atoms with van der Waals surface area (Å²) in [5.74, 6) is -1.60. The third kappa shape index (κ3) is 5.00. The van der Waals surface area contributed by atoms with Crippen LogP contribution in [0.3, 0.4) is 0 Å². The molecule has 0 aromatic heterocycles. The maximum absolute atomic E-state index is 12.9. The van der Waals surface area contributed by atoms with Crippen LogP contribution in [0.2, 0.25) is 0 Å². The van der Waals surface area contributed by atoms with Crippen molar-refractivity contribution in [3.63, 3.8) is 0 Å². The minimum absolute atomic E-state index is 0.0285. The van der Waals surface area contributed by atoms with E-state index < -0.39 is 18.4 Å². The third-order valence-electron chi connectivity index (χ3n) is 4.98. The number of likely N-dealkylation sites (tertiary alicyclic amines) is 1. The first-order valence-corrected chi connectivity index (χ1v) is 9.60. The molecule has 30 heavy (non-hydrogen) atoms. The van der Waals surface area contributed by atoms with Crippen molar-refractivity contribution in [2.45, 2.75) is 26.4 Å². The molecular weight excluding hydrogens is 394 g/mol. The Morgan fingerprint density at radius 3 is 2.43 bits per heavy atom. The predicted octanol–water partition coefficient (Wildman–Crippen LogP) is 3.98. The number of ether oxygens (including phenoxy) is 1. The molecule has 0 unspecified atom stereocenters. The van der Waals surface area contributed by atoms with E-state index in [1.165, 1.54) is 30.0 Å². The van der Waals surface area contributed by atoms with E-state index in [0.29, 0.717) is 30.6 Å². The minimum atomic E-state index is -3.04. The van der Waals surface area contributed by atoms with Gasteiger partial charge in [-0.1, -0.05) is 24.3 Å². The highest BCUT2D eigenvalue weighted by molar-refractivity contribution is 6.04. The third-order valence-corrected chi connectivity index (χ3v) is 4.98. The maximum Gasteiger partial charge on any atom is 0.387 e. The van der Waals surface area contributed by atoms with Gasteiger partial charge in [0.05, 0.1) is 17.2 Å². The zero-order valence-corrected chi connectivity index (χ0v) is 16.4. The van der Waals surface area contributed by atoms with Gasteiger partial charge in [0.15, 0.2) is 5.78 Å². The maximum atomic E-state index is 12.9. The average molecular weight is 416 g/mol. The molecule has 0 saturated carbocycles. The molecule has 1 N–H and O–H groups in total. The summed E-state index contributed by atoms with van der Waals surface area (Å²) in [6.07, 6.45) is 1.17. The molecule has 0 bridgehead atoms. The number of benzene rings is 2. The molecule has 2 aromatic rings. The molecule has 1 saturated heterocycles. The topological polar surface area (TPSA) is 75.7 Å². The van der Waals surface area contributed by atoms with Gasteiger partial charge in [-0.25, -0.2) is 0 Å². The lowest BCUT2D eigenvalue weighted by Gasteiger charge is -2.32. The number of anilines is 1. The highest BCUT2D eigenvalue weighted by atomic mass is 19.3. The molecule has 1 fully saturated rings. The fourth-order valence-corrected chi connectivity index (χ4v) is 3.52. The summed E-state index contributed by atoms with van der Waals surface area (Å²) < 4.78 is 29.7. The Morgan fingerprint density at radius 2 is 1.73 bits per heavy atom. The number of nitrogens with zero attached hydrogens (tertiary/aromatic N) is 1. The number of alkyl halides is 2. The summed E-state index contributed by atoms with van der Waals surface area (Å²) >= 11 is 0. The SMILES string of the molecule is CC(=O)c1ccccc1NC(=O)[C@@H]1CCCN(C(=O)c2ccccc2OC(F)F)C1. The Morgan fingerprint density at radius 1 is 1.07 bits per heavy atom. The molecule has 0 radical (unpaired) electrons. The zero-order chi connectivity index (χ0) is 21.7. The highest BCUT2D eigenvalue weighted by Gasteiger charge is 2.30. The van der Waals surface area contributed by atoms with Crippen LogP contribution in [-0.2, 0) is 4.79 Å². The standard InChI is InChI=1S/C22H22F2N2O4/c1-14(27)16-8-2-4-10-18(16)25-20(28)15-7-6-12-26(13-15)21(29)17-9-3-5-11-19(17)30-22(23)24/h2-5,8-11,15,22H,6-7,12-13H2,1H3,(H,25,28)/t15-/m1/s1. The number of rotatable bonds is 6. The first-order valence-electron chi connectivity index (χ1n) is 9.60. The largest absolute Gasteiger partial charge is 0.434 e. The Labute approximate surface area is 172 Å². The van der Waals surface area contributed by atoms with E-state index >= 15 is 0 Å². The lowest BCUT2D eigenvalue weighted by molar-refractivity contribution is -0.121. The van der Waals surface area contributed by atoms with Crippen LogP contribution in [0, 0.1) is 5.92 Å². The first kappa shape index (κ1) is 21.4. The van der Waals surface area contributed by atoms with Crippen molar-refractivity contribution in [2.75, 3.05) is 18.4 Å². The van der Waals surface area contributed by atoms with Gasteiger partial charge in [-0.3, -0.25) is 14.4 Å². The lowest BCUT2D eigenvalue weighted by Crippen LogP contribution is -2.44. The monoisotopic (exact) mass is 416 g/mol. The molecule has 1 atom stereocenters. The van der Waals surface area contributed by atoms with Crippen LogP contribution in [-0.4, -0.2) is 42.2 Å². The Kier molecular flexibility index (Phi) is 6.76. The van der Waals surface area contributed by atoms with Crippen molar-refractivity contribution in [3.05, 3.63) is 59.7 Å². The molecule has 1 heterocycles. The number of amides is 2. The number of carbonyl (C=O) groups is 3. The first-order chi connectivity index (χ1) is 14.4. The van der Waals surface area contributed by atoms with Crippen molar-refractivity contribution >= 4 is 23.3 Å². The van der Waals surface area contributed by atoms with Crippen molar-refractivity contribution < 1.29 is 27.9 Å². The number of halogens is 2. The van der Waals surface area contributed by atoms with Gasteiger partial charge in [-0.15, -0.1) is 0 Å². The van der Waals surface area contributed by atoms with E-state index in [-0.39, 0.29) is 29.5 Å². The number of piperidine rings is 1. The Hall–Kier alpha value is -3.29. The molecule has 1 aliphatic rings. The van der Waals surface area contributed by atoms with Gasteiger partial charge in [-0.05, 0) is 44.0 Å². The minimum Gasteiger partial charge on any atom is -0.434 e. The fraction of sp³-hybridized carbons (Fsp3) is 0.318. The van der Waals surface area contributed by atoms with Gasteiger partial charge in [0.1, 0.15) is 5.75 Å². The molecule has 2 aromatic carbocycles. The zero-order valence-electron chi connectivity index (χ0n) is 16.4. The van der Waals surface area contributed by atoms with Crippen molar-refractivity contribution in [3.8, 4) is 5.75 Å². The van der Waals surface area contributed by atoms with Crippen LogP contribution < -0.4 is 10.1 Å². The summed E-state index contributed by atoms with van der Waals surface area (Å²) in [7, 11) is 0. The smallest absolute Gasteiger partial charge is 0.387 e. The number of hydrogen-bond acceptors (Lipinski definition) is 4. The highest BCUT2D eigenvalue weighted by Crippen LogP contribution is 2.26. The molecule has 0 spiro atoms.